The standard InChI is InChI=1S/C40H50N6O5/c1-4-5-25-51-40-42-39(45(28-30-10-16-33(48-2)17-11-30)29-31-12-18-34(49-3)19-13-31)38-41-27-36(46(38)43-40)37(47)32-14-20-35(21-15-32)50-26-9-24-44-22-7-6-8-23-44/h10-21,27,37,47H,4-9,22-26,28-29H2,1-3H3. The van der Waals surface area contributed by atoms with Crippen molar-refractivity contribution in [1.29, 1.82) is 0 Å². The third-order valence-corrected chi connectivity index (χ3v) is 9.26. The molecule has 1 saturated heterocycles. The summed E-state index contributed by atoms with van der Waals surface area (Å²) in [5.41, 5.74) is 3.87. The Bertz CT molecular complexity index is 1740. The van der Waals surface area contributed by atoms with Gasteiger partial charge in [-0.2, -0.15) is 4.98 Å². The van der Waals surface area contributed by atoms with Gasteiger partial charge in [0.2, 0.25) is 0 Å². The number of aliphatic hydroxyl groups excluding tert-OH is 1. The number of fused-ring (bicyclic) bond motifs is 1. The molecular weight excluding hydrogens is 644 g/mol. The number of piperidine rings is 1. The van der Waals surface area contributed by atoms with E-state index in [9.17, 15) is 5.11 Å². The van der Waals surface area contributed by atoms with Crippen LogP contribution in [0.3, 0.4) is 0 Å². The van der Waals surface area contributed by atoms with E-state index in [4.69, 9.17) is 34.0 Å². The molecule has 0 saturated carbocycles. The average Bonchev–Trinajstić information content (AvgIpc) is 3.61. The molecule has 0 amide bonds. The molecule has 270 valence electrons. The molecule has 11 nitrogen and oxygen atoms in total. The molecule has 11 heteroatoms. The summed E-state index contributed by atoms with van der Waals surface area (Å²) in [6.45, 7) is 7.76. The molecule has 0 radical (unpaired) electrons. The number of likely N-dealkylation sites (tertiary alicyclic amines) is 1. The van der Waals surface area contributed by atoms with Gasteiger partial charge in [0.15, 0.2) is 11.5 Å². The predicted octanol–water partition coefficient (Wildman–Crippen LogP) is 6.86. The first kappa shape index (κ1) is 35.9. The summed E-state index contributed by atoms with van der Waals surface area (Å²) >= 11 is 0. The first-order chi connectivity index (χ1) is 25.0. The maximum absolute atomic E-state index is 11.7. The second-order valence-corrected chi connectivity index (χ2v) is 13.0. The summed E-state index contributed by atoms with van der Waals surface area (Å²) in [7, 11) is 3.32. The van der Waals surface area contributed by atoms with Crippen LogP contribution in [0.5, 0.6) is 23.3 Å². The number of aliphatic hydroxyl groups is 1. The van der Waals surface area contributed by atoms with Crippen LogP contribution in [0.4, 0.5) is 5.82 Å². The number of methoxy groups -OCH3 is 2. The third kappa shape index (κ3) is 9.47. The van der Waals surface area contributed by atoms with Crippen molar-refractivity contribution < 1.29 is 24.1 Å². The smallest absolute Gasteiger partial charge is 0.336 e. The maximum Gasteiger partial charge on any atom is 0.336 e. The Kier molecular flexibility index (Phi) is 12.6. The SMILES string of the molecule is CCCCOc1nc(N(Cc2ccc(OC)cc2)Cc2ccc(OC)cc2)c2ncc(C(O)c3ccc(OCCCN4CCCCC4)cc3)n2n1. The lowest BCUT2D eigenvalue weighted by atomic mass is 10.1. The normalized spacial score (nSPS) is 14.0. The number of imidazole rings is 1. The summed E-state index contributed by atoms with van der Waals surface area (Å²) in [5.74, 6) is 2.95. The molecule has 0 spiro atoms. The fourth-order valence-electron chi connectivity index (χ4n) is 6.32. The Morgan fingerprint density at radius 3 is 1.98 bits per heavy atom. The lowest BCUT2D eigenvalue weighted by Crippen LogP contribution is -2.31. The van der Waals surface area contributed by atoms with Crippen LogP contribution < -0.4 is 23.8 Å². The van der Waals surface area contributed by atoms with Gasteiger partial charge in [-0.15, -0.1) is 5.10 Å². The molecule has 2 aromatic heterocycles. The van der Waals surface area contributed by atoms with E-state index in [1.807, 2.05) is 72.8 Å². The fraction of sp³-hybridized carbons (Fsp3) is 0.425. The zero-order chi connectivity index (χ0) is 35.4. The molecule has 1 aliphatic heterocycles. The van der Waals surface area contributed by atoms with Crippen molar-refractivity contribution in [3.05, 3.63) is 101 Å². The highest BCUT2D eigenvalue weighted by atomic mass is 16.5. The van der Waals surface area contributed by atoms with Gasteiger partial charge < -0.3 is 33.9 Å². The topological polar surface area (TPSA) is 107 Å². The van der Waals surface area contributed by atoms with Gasteiger partial charge in [0.1, 0.15) is 23.4 Å². The van der Waals surface area contributed by atoms with Gasteiger partial charge in [0, 0.05) is 19.6 Å². The molecule has 0 bridgehead atoms. The van der Waals surface area contributed by atoms with Gasteiger partial charge in [-0.1, -0.05) is 56.2 Å². The predicted molar refractivity (Wildman–Crippen MR) is 198 cm³/mol. The third-order valence-electron chi connectivity index (χ3n) is 9.26. The maximum atomic E-state index is 11.7. The van der Waals surface area contributed by atoms with E-state index in [0.29, 0.717) is 49.0 Å². The van der Waals surface area contributed by atoms with Crippen LogP contribution >= 0.6 is 0 Å². The van der Waals surface area contributed by atoms with E-state index >= 15 is 0 Å². The quantitative estimate of drug-likeness (QED) is 0.0978. The summed E-state index contributed by atoms with van der Waals surface area (Å²) in [6, 6.07) is 23.8. The zero-order valence-electron chi connectivity index (χ0n) is 30.0. The van der Waals surface area contributed by atoms with Crippen LogP contribution in [0.15, 0.2) is 79.0 Å². The van der Waals surface area contributed by atoms with Crippen molar-refractivity contribution in [1.82, 2.24) is 24.5 Å². The summed E-state index contributed by atoms with van der Waals surface area (Å²) in [4.78, 5) is 14.4. The molecule has 51 heavy (non-hydrogen) atoms. The number of hydrogen-bond donors (Lipinski definition) is 1. The highest BCUT2D eigenvalue weighted by molar-refractivity contribution is 5.65. The molecule has 1 unspecified atom stereocenters. The lowest BCUT2D eigenvalue weighted by Gasteiger charge is -2.26. The minimum absolute atomic E-state index is 0.222. The molecule has 1 aliphatic rings. The van der Waals surface area contributed by atoms with Gasteiger partial charge in [-0.25, -0.2) is 9.50 Å². The molecule has 6 rings (SSSR count). The van der Waals surface area contributed by atoms with Gasteiger partial charge in [0.05, 0.1) is 39.3 Å². The van der Waals surface area contributed by atoms with Crippen molar-refractivity contribution in [3.8, 4) is 23.3 Å². The van der Waals surface area contributed by atoms with Crippen molar-refractivity contribution in [2.45, 2.75) is 64.6 Å². The fourth-order valence-corrected chi connectivity index (χ4v) is 6.32. The van der Waals surface area contributed by atoms with Gasteiger partial charge >= 0.3 is 6.01 Å². The molecule has 1 N–H and O–H groups in total. The lowest BCUT2D eigenvalue weighted by molar-refractivity contribution is 0.204. The molecular formula is C40H50N6O5. The Balaban J connectivity index is 1.27. The Labute approximate surface area is 300 Å². The van der Waals surface area contributed by atoms with E-state index < -0.39 is 6.10 Å². The van der Waals surface area contributed by atoms with Crippen LogP contribution in [0.1, 0.15) is 73.9 Å². The van der Waals surface area contributed by atoms with Crippen LogP contribution in [0.2, 0.25) is 0 Å². The van der Waals surface area contributed by atoms with E-state index in [0.717, 1.165) is 54.2 Å². The number of hydrogen-bond acceptors (Lipinski definition) is 10. The number of unbranched alkanes of at least 4 members (excludes halogenated alkanes) is 1. The van der Waals surface area contributed by atoms with E-state index in [2.05, 4.69) is 16.7 Å². The molecule has 0 aliphatic carbocycles. The van der Waals surface area contributed by atoms with Crippen LogP contribution in [-0.2, 0) is 13.1 Å². The van der Waals surface area contributed by atoms with Gasteiger partial charge in [0.25, 0.3) is 0 Å². The summed E-state index contributed by atoms with van der Waals surface area (Å²) in [5, 5.41) is 16.4. The number of nitrogens with zero attached hydrogens (tertiary/aromatic N) is 6. The molecule has 3 heterocycles. The van der Waals surface area contributed by atoms with Crippen LogP contribution in [0.25, 0.3) is 5.65 Å². The van der Waals surface area contributed by atoms with Crippen molar-refractivity contribution in [2.75, 3.05) is 52.0 Å². The Morgan fingerprint density at radius 1 is 0.765 bits per heavy atom. The highest BCUT2D eigenvalue weighted by Crippen LogP contribution is 2.30. The van der Waals surface area contributed by atoms with Crippen molar-refractivity contribution in [2.24, 2.45) is 0 Å². The molecule has 1 atom stereocenters. The second kappa shape index (κ2) is 17.9. The van der Waals surface area contributed by atoms with Crippen LogP contribution in [0, 0.1) is 0 Å². The Morgan fingerprint density at radius 2 is 1.37 bits per heavy atom. The minimum Gasteiger partial charge on any atom is -0.497 e. The first-order valence-corrected chi connectivity index (χ1v) is 18.1. The summed E-state index contributed by atoms with van der Waals surface area (Å²) in [6.07, 6.45) is 7.44. The van der Waals surface area contributed by atoms with Crippen molar-refractivity contribution >= 4 is 11.5 Å². The number of aromatic nitrogens is 4. The van der Waals surface area contributed by atoms with Gasteiger partial charge in [-0.3, -0.25) is 0 Å². The minimum atomic E-state index is -0.990. The van der Waals surface area contributed by atoms with Gasteiger partial charge in [-0.05, 0) is 91.9 Å². The molecule has 1 fully saturated rings. The summed E-state index contributed by atoms with van der Waals surface area (Å²) < 4.78 is 24.6. The Hall–Kier alpha value is -4.87. The number of ether oxygens (including phenoxy) is 4. The van der Waals surface area contributed by atoms with Crippen LogP contribution in [-0.4, -0.2) is 76.7 Å². The highest BCUT2D eigenvalue weighted by Gasteiger charge is 2.24. The number of anilines is 1. The van der Waals surface area contributed by atoms with Crippen molar-refractivity contribution in [3.63, 3.8) is 0 Å². The second-order valence-electron chi connectivity index (χ2n) is 13.0. The average molecular weight is 695 g/mol. The van der Waals surface area contributed by atoms with E-state index in [1.165, 1.54) is 32.4 Å². The molecule has 3 aromatic carbocycles. The zero-order valence-corrected chi connectivity index (χ0v) is 30.0. The number of rotatable bonds is 18. The monoisotopic (exact) mass is 694 g/mol. The molecule has 5 aromatic rings. The van der Waals surface area contributed by atoms with E-state index in [1.54, 1.807) is 24.9 Å². The number of benzene rings is 3. The van der Waals surface area contributed by atoms with E-state index in [-0.39, 0.29) is 6.01 Å². The first-order valence-electron chi connectivity index (χ1n) is 18.1. The largest absolute Gasteiger partial charge is 0.497 e.